The SMILES string of the molecule is O=[N+]([O-])c1cc(F)ccc1NCc1ccc(OCc2cccnc2)cc1. The molecule has 0 fully saturated rings. The lowest BCUT2D eigenvalue weighted by Gasteiger charge is -2.09. The van der Waals surface area contributed by atoms with Crippen molar-refractivity contribution in [2.45, 2.75) is 13.2 Å². The topological polar surface area (TPSA) is 77.3 Å². The van der Waals surface area contributed by atoms with E-state index in [1.165, 1.54) is 12.1 Å². The highest BCUT2D eigenvalue weighted by molar-refractivity contribution is 5.61. The van der Waals surface area contributed by atoms with Gasteiger partial charge in [0.25, 0.3) is 5.69 Å². The van der Waals surface area contributed by atoms with Crippen molar-refractivity contribution < 1.29 is 14.1 Å². The third-order valence-electron chi connectivity index (χ3n) is 3.69. The van der Waals surface area contributed by atoms with Crippen LogP contribution in [0.4, 0.5) is 15.8 Å². The number of ether oxygens (including phenoxy) is 1. The Balaban J connectivity index is 1.59. The number of hydrogen-bond donors (Lipinski definition) is 1. The standard InChI is InChI=1S/C19H16FN3O3/c20-16-5-8-18(19(10-16)23(24)25)22-12-14-3-6-17(7-4-14)26-13-15-2-1-9-21-11-15/h1-11,22H,12-13H2. The second-order valence-electron chi connectivity index (χ2n) is 5.57. The van der Waals surface area contributed by atoms with E-state index in [0.29, 0.717) is 18.9 Å². The maximum atomic E-state index is 13.2. The van der Waals surface area contributed by atoms with Crippen LogP contribution in [-0.2, 0) is 13.2 Å². The summed E-state index contributed by atoms with van der Waals surface area (Å²) in [6.07, 6.45) is 3.45. The van der Waals surface area contributed by atoms with Gasteiger partial charge in [-0.1, -0.05) is 18.2 Å². The zero-order valence-electron chi connectivity index (χ0n) is 13.8. The number of pyridine rings is 1. The van der Waals surface area contributed by atoms with Crippen LogP contribution in [-0.4, -0.2) is 9.91 Å². The van der Waals surface area contributed by atoms with E-state index in [1.54, 1.807) is 12.4 Å². The van der Waals surface area contributed by atoms with Crippen LogP contribution in [0.25, 0.3) is 0 Å². The lowest BCUT2D eigenvalue weighted by Crippen LogP contribution is -2.03. The van der Waals surface area contributed by atoms with Gasteiger partial charge in [0.15, 0.2) is 0 Å². The summed E-state index contributed by atoms with van der Waals surface area (Å²) in [4.78, 5) is 14.4. The Labute approximate surface area is 149 Å². The highest BCUT2D eigenvalue weighted by atomic mass is 19.1. The third kappa shape index (κ3) is 4.54. The molecule has 0 bridgehead atoms. The van der Waals surface area contributed by atoms with E-state index in [0.717, 1.165) is 17.2 Å². The first-order chi connectivity index (χ1) is 12.6. The van der Waals surface area contributed by atoms with E-state index in [4.69, 9.17) is 4.74 Å². The zero-order chi connectivity index (χ0) is 18.4. The Hall–Kier alpha value is -3.48. The first-order valence-corrected chi connectivity index (χ1v) is 7.90. The van der Waals surface area contributed by atoms with Crippen LogP contribution in [0.1, 0.15) is 11.1 Å². The summed E-state index contributed by atoms with van der Waals surface area (Å²) in [7, 11) is 0. The minimum atomic E-state index is -0.641. The van der Waals surface area contributed by atoms with Crippen molar-refractivity contribution in [2.75, 3.05) is 5.32 Å². The minimum absolute atomic E-state index is 0.272. The number of benzene rings is 2. The molecule has 0 saturated carbocycles. The van der Waals surface area contributed by atoms with Crippen molar-refractivity contribution in [3.63, 3.8) is 0 Å². The first-order valence-electron chi connectivity index (χ1n) is 7.90. The maximum absolute atomic E-state index is 13.2. The van der Waals surface area contributed by atoms with Crippen molar-refractivity contribution in [1.29, 1.82) is 0 Å². The average molecular weight is 353 g/mol. The summed E-state index contributed by atoms with van der Waals surface area (Å²) < 4.78 is 18.8. The van der Waals surface area contributed by atoms with Gasteiger partial charge < -0.3 is 10.1 Å². The van der Waals surface area contributed by atoms with Crippen LogP contribution in [0.5, 0.6) is 5.75 Å². The summed E-state index contributed by atoms with van der Waals surface area (Å²) in [5, 5.41) is 14.0. The molecule has 0 aliphatic rings. The highest BCUT2D eigenvalue weighted by Crippen LogP contribution is 2.25. The Morgan fingerprint density at radius 1 is 1.12 bits per heavy atom. The van der Waals surface area contributed by atoms with E-state index >= 15 is 0 Å². The van der Waals surface area contributed by atoms with Gasteiger partial charge in [-0.25, -0.2) is 4.39 Å². The Morgan fingerprint density at radius 3 is 2.62 bits per heavy atom. The van der Waals surface area contributed by atoms with E-state index < -0.39 is 10.7 Å². The fourth-order valence-corrected chi connectivity index (χ4v) is 2.36. The fourth-order valence-electron chi connectivity index (χ4n) is 2.36. The number of nitrogens with one attached hydrogen (secondary N) is 1. The number of nitro groups is 1. The summed E-state index contributed by atoms with van der Waals surface area (Å²) in [6, 6.07) is 14.6. The van der Waals surface area contributed by atoms with Gasteiger partial charge in [0, 0.05) is 24.5 Å². The molecular formula is C19H16FN3O3. The lowest BCUT2D eigenvalue weighted by atomic mass is 10.2. The van der Waals surface area contributed by atoms with Gasteiger partial charge in [-0.3, -0.25) is 15.1 Å². The molecule has 1 heterocycles. The van der Waals surface area contributed by atoms with Gasteiger partial charge in [-0.05, 0) is 35.9 Å². The van der Waals surface area contributed by atoms with Crippen molar-refractivity contribution in [2.24, 2.45) is 0 Å². The predicted octanol–water partition coefficient (Wildman–Crippen LogP) is 4.32. The van der Waals surface area contributed by atoms with Crippen LogP contribution < -0.4 is 10.1 Å². The van der Waals surface area contributed by atoms with Gasteiger partial charge in [-0.2, -0.15) is 0 Å². The van der Waals surface area contributed by atoms with Gasteiger partial charge in [-0.15, -0.1) is 0 Å². The summed E-state index contributed by atoms with van der Waals surface area (Å²) >= 11 is 0. The van der Waals surface area contributed by atoms with Gasteiger partial charge in [0.05, 0.1) is 11.0 Å². The van der Waals surface area contributed by atoms with Crippen LogP contribution in [0.15, 0.2) is 67.0 Å². The smallest absolute Gasteiger partial charge is 0.295 e. The molecule has 132 valence electrons. The van der Waals surface area contributed by atoms with E-state index in [1.807, 2.05) is 36.4 Å². The van der Waals surface area contributed by atoms with E-state index in [-0.39, 0.29) is 11.4 Å². The number of anilines is 1. The van der Waals surface area contributed by atoms with Crippen LogP contribution in [0.3, 0.4) is 0 Å². The molecule has 7 heteroatoms. The molecule has 0 spiro atoms. The molecule has 0 aliphatic heterocycles. The van der Waals surface area contributed by atoms with Crippen molar-refractivity contribution in [3.8, 4) is 5.75 Å². The van der Waals surface area contributed by atoms with Crippen molar-refractivity contribution in [3.05, 3.63) is 94.0 Å². The Bertz CT molecular complexity index is 886. The molecule has 0 saturated heterocycles. The number of rotatable bonds is 7. The second-order valence-corrected chi connectivity index (χ2v) is 5.57. The third-order valence-corrected chi connectivity index (χ3v) is 3.69. The maximum Gasteiger partial charge on any atom is 0.295 e. The normalized spacial score (nSPS) is 10.3. The molecule has 1 aromatic heterocycles. The van der Waals surface area contributed by atoms with Crippen molar-refractivity contribution in [1.82, 2.24) is 4.98 Å². The molecule has 3 aromatic rings. The minimum Gasteiger partial charge on any atom is -0.489 e. The summed E-state index contributed by atoms with van der Waals surface area (Å²) in [6.45, 7) is 0.794. The molecule has 1 N–H and O–H groups in total. The van der Waals surface area contributed by atoms with Crippen LogP contribution in [0.2, 0.25) is 0 Å². The lowest BCUT2D eigenvalue weighted by molar-refractivity contribution is -0.384. The monoisotopic (exact) mass is 353 g/mol. The van der Waals surface area contributed by atoms with Gasteiger partial charge in [0.1, 0.15) is 23.9 Å². The first kappa shape index (κ1) is 17.3. The number of aromatic nitrogens is 1. The number of hydrogen-bond acceptors (Lipinski definition) is 5. The molecular weight excluding hydrogens is 337 g/mol. The summed E-state index contributed by atoms with van der Waals surface area (Å²) in [5.41, 5.74) is 1.87. The van der Waals surface area contributed by atoms with Crippen molar-refractivity contribution >= 4 is 11.4 Å². The molecule has 0 radical (unpaired) electrons. The zero-order valence-corrected chi connectivity index (χ0v) is 13.8. The largest absolute Gasteiger partial charge is 0.489 e. The van der Waals surface area contributed by atoms with Crippen LogP contribution in [0, 0.1) is 15.9 Å². The van der Waals surface area contributed by atoms with E-state index in [2.05, 4.69) is 10.3 Å². The summed E-state index contributed by atoms with van der Waals surface area (Å²) in [5.74, 6) is 0.0720. The quantitative estimate of drug-likeness (QED) is 0.506. The average Bonchev–Trinajstić information content (AvgIpc) is 2.67. The predicted molar refractivity (Wildman–Crippen MR) is 95.4 cm³/mol. The second kappa shape index (κ2) is 8.06. The molecule has 6 nitrogen and oxygen atoms in total. The molecule has 0 unspecified atom stereocenters. The van der Waals surface area contributed by atoms with Gasteiger partial charge >= 0.3 is 0 Å². The molecule has 2 aromatic carbocycles. The number of nitrogens with zero attached hydrogens (tertiary/aromatic N) is 2. The fraction of sp³-hybridized carbons (Fsp3) is 0.105. The molecule has 3 rings (SSSR count). The molecule has 0 amide bonds. The number of halogens is 1. The van der Waals surface area contributed by atoms with Crippen LogP contribution >= 0.6 is 0 Å². The highest BCUT2D eigenvalue weighted by Gasteiger charge is 2.14. The Morgan fingerprint density at radius 2 is 1.92 bits per heavy atom. The molecule has 0 atom stereocenters. The number of nitro benzene ring substituents is 1. The molecule has 26 heavy (non-hydrogen) atoms. The Kier molecular flexibility index (Phi) is 5.38. The molecule has 0 aliphatic carbocycles. The van der Waals surface area contributed by atoms with E-state index in [9.17, 15) is 14.5 Å². The van der Waals surface area contributed by atoms with Gasteiger partial charge in [0.2, 0.25) is 0 Å².